The van der Waals surface area contributed by atoms with Crippen LogP contribution in [0.1, 0.15) is 0 Å². The van der Waals surface area contributed by atoms with E-state index in [1.807, 2.05) is 0 Å². The predicted molar refractivity (Wildman–Crippen MR) is 26.0 cm³/mol. The fourth-order valence-corrected chi connectivity index (χ4v) is 0.593. The second-order valence-corrected chi connectivity index (χ2v) is 1.48. The van der Waals surface area contributed by atoms with Gasteiger partial charge in [-0.2, -0.15) is 0 Å². The largest absolute Gasteiger partial charge is 0.542 e. The van der Waals surface area contributed by atoms with Crippen LogP contribution < -0.4 is 5.82 Å². The molecule has 0 bridgehead atoms. The zero-order chi connectivity index (χ0) is 6.27. The smallest absolute Gasteiger partial charge is 0.356 e. The number of nitrogens with zero attached hydrogens (tertiary/aromatic N) is 2. The first-order valence-electron chi connectivity index (χ1n) is 2.30. The van der Waals surface area contributed by atoms with Gasteiger partial charge in [0, 0.05) is 0 Å². The van der Waals surface area contributed by atoms with Crippen molar-refractivity contribution < 1.29 is 8.94 Å². The highest BCUT2D eigenvalue weighted by Crippen LogP contribution is 1.93. The molecule has 0 saturated carbocycles. The van der Waals surface area contributed by atoms with Crippen molar-refractivity contribution in [1.29, 1.82) is 0 Å². The summed E-state index contributed by atoms with van der Waals surface area (Å²) >= 11 is 0. The van der Waals surface area contributed by atoms with Gasteiger partial charge in [0.2, 0.25) is 0 Å². The Hall–Kier alpha value is -1.52. The molecule has 0 unspecified atom stereocenters. The third kappa shape index (κ3) is 0.479. The van der Waals surface area contributed by atoms with E-state index in [-0.39, 0.29) is 5.84 Å². The first-order chi connectivity index (χ1) is 4.36. The summed E-state index contributed by atoms with van der Waals surface area (Å²) in [5, 5.41) is 0. The summed E-state index contributed by atoms with van der Waals surface area (Å²) in [7, 11) is 0. The lowest BCUT2D eigenvalue weighted by Gasteiger charge is -1.66. The maximum Gasteiger partial charge on any atom is 0.542 e. The molecule has 0 radical (unpaired) electrons. The Labute approximate surface area is 48.5 Å². The SMILES string of the molecule is O=c1oc2nccn2o1. The molecule has 0 fully saturated rings. The minimum atomic E-state index is -0.738. The van der Waals surface area contributed by atoms with Gasteiger partial charge in [0.05, 0.1) is 12.4 Å². The third-order valence-electron chi connectivity index (χ3n) is 0.923. The second-order valence-electron chi connectivity index (χ2n) is 1.48. The van der Waals surface area contributed by atoms with Gasteiger partial charge in [0.15, 0.2) is 0 Å². The van der Waals surface area contributed by atoms with Crippen molar-refractivity contribution in [2.75, 3.05) is 0 Å². The van der Waals surface area contributed by atoms with Gasteiger partial charge in [-0.3, -0.25) is 4.52 Å². The maximum atomic E-state index is 10.3. The average Bonchev–Trinajstić information content (AvgIpc) is 2.22. The molecule has 0 saturated heterocycles. The Bertz CT molecular complexity index is 336. The van der Waals surface area contributed by atoms with Crippen LogP contribution in [0.2, 0.25) is 0 Å². The Morgan fingerprint density at radius 3 is 3.33 bits per heavy atom. The maximum absolute atomic E-state index is 10.3. The predicted octanol–water partition coefficient (Wildman–Crippen LogP) is -0.120. The Balaban J connectivity index is 3.08. The van der Waals surface area contributed by atoms with E-state index in [1.165, 1.54) is 12.4 Å². The standard InChI is InChI=1S/C4H2N2O3/c7-4-8-3-5-1-2-6(3)9-4/h1-2H. The molecule has 5 heteroatoms. The van der Waals surface area contributed by atoms with E-state index in [4.69, 9.17) is 0 Å². The zero-order valence-corrected chi connectivity index (χ0v) is 4.27. The monoisotopic (exact) mass is 126 g/mol. The minimum Gasteiger partial charge on any atom is -0.356 e. The molecule has 46 valence electrons. The van der Waals surface area contributed by atoms with Gasteiger partial charge >= 0.3 is 11.7 Å². The van der Waals surface area contributed by atoms with Gasteiger partial charge in [-0.15, -0.1) is 4.57 Å². The lowest BCUT2D eigenvalue weighted by molar-refractivity contribution is 0.307. The van der Waals surface area contributed by atoms with Crippen LogP contribution in [0.5, 0.6) is 0 Å². The average molecular weight is 126 g/mol. The Morgan fingerprint density at radius 1 is 1.67 bits per heavy atom. The molecule has 9 heavy (non-hydrogen) atoms. The molecule has 0 amide bonds. The first kappa shape index (κ1) is 4.37. The van der Waals surface area contributed by atoms with E-state index in [9.17, 15) is 4.79 Å². The topological polar surface area (TPSA) is 60.7 Å². The first-order valence-corrected chi connectivity index (χ1v) is 2.30. The molecule has 2 aromatic heterocycles. The molecule has 0 aliphatic carbocycles. The summed E-state index contributed by atoms with van der Waals surface area (Å²) in [5.74, 6) is -0.557. The summed E-state index contributed by atoms with van der Waals surface area (Å²) in [6, 6.07) is 0. The van der Waals surface area contributed by atoms with Crippen molar-refractivity contribution in [2.45, 2.75) is 0 Å². The highest BCUT2D eigenvalue weighted by Gasteiger charge is 1.99. The van der Waals surface area contributed by atoms with Crippen LogP contribution in [0.3, 0.4) is 0 Å². The summed E-state index contributed by atoms with van der Waals surface area (Å²) < 4.78 is 10.0. The molecule has 0 atom stereocenters. The van der Waals surface area contributed by atoms with Crippen LogP contribution in [0, 0.1) is 0 Å². The molecule has 0 aliphatic heterocycles. The molecule has 2 heterocycles. The fraction of sp³-hybridized carbons (Fsp3) is 0. The molecule has 0 N–H and O–H groups in total. The van der Waals surface area contributed by atoms with Gasteiger partial charge in [-0.1, -0.05) is 0 Å². The molecule has 5 nitrogen and oxygen atoms in total. The number of rotatable bonds is 0. The number of fused-ring (bicyclic) bond motifs is 1. The van der Waals surface area contributed by atoms with Gasteiger partial charge in [-0.05, 0) is 0 Å². The van der Waals surface area contributed by atoms with Crippen LogP contribution in [-0.4, -0.2) is 9.56 Å². The van der Waals surface area contributed by atoms with Crippen molar-refractivity contribution in [3.05, 3.63) is 23.0 Å². The van der Waals surface area contributed by atoms with E-state index < -0.39 is 5.82 Å². The second kappa shape index (κ2) is 1.25. The summed E-state index contributed by atoms with van der Waals surface area (Å²) in [6.07, 6.45) is 2.96. The van der Waals surface area contributed by atoms with Crippen LogP contribution in [0.25, 0.3) is 5.84 Å². The molecule has 2 rings (SSSR count). The van der Waals surface area contributed by atoms with Gasteiger partial charge < -0.3 is 4.42 Å². The van der Waals surface area contributed by atoms with E-state index in [1.54, 1.807) is 0 Å². The van der Waals surface area contributed by atoms with Crippen molar-refractivity contribution in [1.82, 2.24) is 9.56 Å². The fourth-order valence-electron chi connectivity index (χ4n) is 0.593. The third-order valence-corrected chi connectivity index (χ3v) is 0.923. The molecule has 0 aromatic carbocycles. The van der Waals surface area contributed by atoms with E-state index in [0.717, 1.165) is 4.57 Å². The number of aromatic nitrogens is 2. The zero-order valence-electron chi connectivity index (χ0n) is 4.27. The van der Waals surface area contributed by atoms with Crippen molar-refractivity contribution in [3.63, 3.8) is 0 Å². The lowest BCUT2D eigenvalue weighted by atomic mass is 11.0. The van der Waals surface area contributed by atoms with Crippen molar-refractivity contribution in [2.24, 2.45) is 0 Å². The summed E-state index contributed by atoms with van der Waals surface area (Å²) in [6.45, 7) is 0. The van der Waals surface area contributed by atoms with Crippen LogP contribution in [0.15, 0.2) is 26.1 Å². The quantitative estimate of drug-likeness (QED) is 0.493. The highest BCUT2D eigenvalue weighted by molar-refractivity contribution is 5.16. The van der Waals surface area contributed by atoms with Crippen molar-refractivity contribution in [3.8, 4) is 0 Å². The summed E-state index contributed by atoms with van der Waals surface area (Å²) in [4.78, 5) is 13.9. The number of hydrogen-bond acceptors (Lipinski definition) is 4. The Kier molecular flexibility index (Phi) is 0.606. The van der Waals surface area contributed by atoms with Crippen LogP contribution >= 0.6 is 0 Å². The summed E-state index contributed by atoms with van der Waals surface area (Å²) in [5.41, 5.74) is 0. The Morgan fingerprint density at radius 2 is 2.56 bits per heavy atom. The van der Waals surface area contributed by atoms with E-state index >= 15 is 0 Å². The lowest BCUT2D eigenvalue weighted by Crippen LogP contribution is -1.86. The minimum absolute atomic E-state index is 0.181. The normalized spacial score (nSPS) is 10.7. The van der Waals surface area contributed by atoms with Gasteiger partial charge in [0.1, 0.15) is 0 Å². The molecular formula is C4H2N2O3. The van der Waals surface area contributed by atoms with Crippen molar-refractivity contribution >= 4 is 5.84 Å². The van der Waals surface area contributed by atoms with Gasteiger partial charge in [0.25, 0.3) is 0 Å². The van der Waals surface area contributed by atoms with Crippen LogP contribution in [0.4, 0.5) is 0 Å². The molecule has 2 aromatic rings. The van der Waals surface area contributed by atoms with E-state index in [2.05, 4.69) is 13.9 Å². The molecular weight excluding hydrogens is 124 g/mol. The number of hydrogen-bond donors (Lipinski definition) is 0. The highest BCUT2D eigenvalue weighted by atomic mass is 16.6. The van der Waals surface area contributed by atoms with Crippen LogP contribution in [-0.2, 0) is 0 Å². The molecule has 0 spiro atoms. The number of imidazole rings is 1. The molecule has 0 aliphatic rings. The van der Waals surface area contributed by atoms with E-state index in [0.29, 0.717) is 0 Å². The van der Waals surface area contributed by atoms with Gasteiger partial charge in [-0.25, -0.2) is 9.78 Å².